The van der Waals surface area contributed by atoms with Gasteiger partial charge >= 0.3 is 0 Å². The van der Waals surface area contributed by atoms with Gasteiger partial charge in [-0.1, -0.05) is 11.6 Å². The quantitative estimate of drug-likeness (QED) is 0.827. The zero-order valence-corrected chi connectivity index (χ0v) is 13.2. The van der Waals surface area contributed by atoms with E-state index >= 15 is 0 Å². The summed E-state index contributed by atoms with van der Waals surface area (Å²) in [6.07, 6.45) is 0. The van der Waals surface area contributed by atoms with Gasteiger partial charge in [0.25, 0.3) is 5.91 Å². The van der Waals surface area contributed by atoms with Crippen molar-refractivity contribution in [3.8, 4) is 0 Å². The number of rotatable bonds is 3. The summed E-state index contributed by atoms with van der Waals surface area (Å²) in [4.78, 5) is 20.4. The third-order valence-electron chi connectivity index (χ3n) is 2.58. The number of hydrogen-bond donors (Lipinski definition) is 2. The van der Waals surface area contributed by atoms with E-state index in [4.69, 9.17) is 11.6 Å². The van der Waals surface area contributed by atoms with E-state index in [0.717, 1.165) is 10.2 Å². The van der Waals surface area contributed by atoms with Gasteiger partial charge in [-0.25, -0.2) is 9.97 Å². The van der Waals surface area contributed by atoms with Crippen LogP contribution in [0.25, 0.3) is 0 Å². The molecule has 2 heterocycles. The summed E-state index contributed by atoms with van der Waals surface area (Å²) in [6.45, 7) is 1.85. The van der Waals surface area contributed by atoms with E-state index in [1.54, 1.807) is 19.2 Å². The van der Waals surface area contributed by atoms with E-state index in [9.17, 15) is 4.79 Å². The second-order valence-electron chi connectivity index (χ2n) is 4.03. The molecule has 0 aliphatic carbocycles. The van der Waals surface area contributed by atoms with Crippen LogP contribution in [0, 0.1) is 6.92 Å². The van der Waals surface area contributed by atoms with Gasteiger partial charge in [0, 0.05) is 17.1 Å². The summed E-state index contributed by atoms with van der Waals surface area (Å²) in [5.74, 6) is 0.720. The van der Waals surface area contributed by atoms with E-state index in [1.807, 2.05) is 13.0 Å². The Balaban J connectivity index is 2.23. The van der Waals surface area contributed by atoms with Crippen molar-refractivity contribution < 1.29 is 4.79 Å². The Kier molecular flexibility index (Phi) is 4.57. The van der Waals surface area contributed by atoms with Crippen molar-refractivity contribution >= 4 is 45.1 Å². The van der Waals surface area contributed by atoms with E-state index in [1.165, 1.54) is 6.07 Å². The molecule has 20 heavy (non-hydrogen) atoms. The van der Waals surface area contributed by atoms with Crippen LogP contribution in [0.1, 0.15) is 16.1 Å². The molecule has 0 bridgehead atoms. The Morgan fingerprint density at radius 3 is 2.65 bits per heavy atom. The molecule has 5 nitrogen and oxygen atoms in total. The van der Waals surface area contributed by atoms with Crippen molar-refractivity contribution in [1.82, 2.24) is 9.97 Å². The Morgan fingerprint density at radius 2 is 2.00 bits per heavy atom. The zero-order valence-electron chi connectivity index (χ0n) is 10.9. The van der Waals surface area contributed by atoms with Crippen molar-refractivity contribution in [1.29, 1.82) is 0 Å². The van der Waals surface area contributed by atoms with Gasteiger partial charge in [0.1, 0.15) is 16.8 Å². The van der Waals surface area contributed by atoms with Crippen molar-refractivity contribution in [2.24, 2.45) is 0 Å². The number of nitrogens with zero attached hydrogens (tertiary/aromatic N) is 2. The molecule has 0 saturated carbocycles. The number of halogens is 2. The zero-order chi connectivity index (χ0) is 14.7. The number of amides is 1. The topological polar surface area (TPSA) is 66.9 Å². The second kappa shape index (κ2) is 6.19. The predicted molar refractivity (Wildman–Crippen MR) is 83.4 cm³/mol. The summed E-state index contributed by atoms with van der Waals surface area (Å²) in [5.41, 5.74) is 1.21. The van der Waals surface area contributed by atoms with E-state index in [-0.39, 0.29) is 11.1 Å². The molecule has 2 N–H and O–H groups in total. The number of pyridine rings is 2. The van der Waals surface area contributed by atoms with Gasteiger partial charge in [-0.15, -0.1) is 0 Å². The van der Waals surface area contributed by atoms with Gasteiger partial charge in [-0.05, 0) is 47.1 Å². The monoisotopic (exact) mass is 354 g/mol. The fourth-order valence-corrected chi connectivity index (χ4v) is 1.99. The third-order valence-corrected chi connectivity index (χ3v) is 3.61. The molecular weight excluding hydrogens is 344 g/mol. The van der Waals surface area contributed by atoms with Crippen LogP contribution in [-0.4, -0.2) is 22.9 Å². The first-order chi connectivity index (χ1) is 9.49. The molecule has 1 amide bonds. The maximum atomic E-state index is 12.2. The van der Waals surface area contributed by atoms with Crippen LogP contribution in [0.15, 0.2) is 28.7 Å². The van der Waals surface area contributed by atoms with Gasteiger partial charge in [0.05, 0.1) is 5.69 Å². The summed E-state index contributed by atoms with van der Waals surface area (Å²) in [6, 6.07) is 6.67. The Labute approximate surface area is 129 Å². The normalized spacial score (nSPS) is 10.2. The summed E-state index contributed by atoms with van der Waals surface area (Å²) in [5, 5.41) is 5.82. The van der Waals surface area contributed by atoms with Crippen molar-refractivity contribution in [3.63, 3.8) is 0 Å². The molecule has 0 unspecified atom stereocenters. The second-order valence-corrected chi connectivity index (χ2v) is 5.27. The molecule has 7 heteroatoms. The lowest BCUT2D eigenvalue weighted by Crippen LogP contribution is -2.14. The van der Waals surface area contributed by atoms with Crippen LogP contribution >= 0.6 is 27.5 Å². The lowest BCUT2D eigenvalue weighted by atomic mass is 10.2. The van der Waals surface area contributed by atoms with E-state index in [0.29, 0.717) is 17.2 Å². The predicted octanol–water partition coefficient (Wildman–Crippen LogP) is 3.49. The molecule has 2 rings (SSSR count). The maximum Gasteiger partial charge on any atom is 0.257 e. The van der Waals surface area contributed by atoms with Crippen molar-refractivity contribution in [2.75, 3.05) is 17.7 Å². The fraction of sp³-hybridized carbons (Fsp3) is 0.154. The number of aromatic nitrogens is 2. The minimum absolute atomic E-state index is 0.252. The highest BCUT2D eigenvalue weighted by molar-refractivity contribution is 9.10. The molecule has 0 spiro atoms. The molecule has 0 atom stereocenters. The molecule has 2 aromatic rings. The van der Waals surface area contributed by atoms with Gasteiger partial charge in [-0.2, -0.15) is 0 Å². The van der Waals surface area contributed by atoms with Crippen LogP contribution in [0.3, 0.4) is 0 Å². The van der Waals surface area contributed by atoms with Gasteiger partial charge in [0.15, 0.2) is 0 Å². The first-order valence-electron chi connectivity index (χ1n) is 5.79. The molecule has 0 aliphatic rings. The van der Waals surface area contributed by atoms with Gasteiger partial charge in [-0.3, -0.25) is 4.79 Å². The largest absolute Gasteiger partial charge is 0.373 e. The number of carbonyl (C=O) groups is 1. The Bertz CT molecular complexity index is 663. The number of anilines is 2. The van der Waals surface area contributed by atoms with E-state index < -0.39 is 0 Å². The van der Waals surface area contributed by atoms with Gasteiger partial charge < -0.3 is 10.6 Å². The molecule has 0 saturated heterocycles. The summed E-state index contributed by atoms with van der Waals surface area (Å²) < 4.78 is 0.889. The maximum absolute atomic E-state index is 12.2. The average molecular weight is 356 g/mol. The van der Waals surface area contributed by atoms with Crippen LogP contribution < -0.4 is 10.6 Å². The minimum Gasteiger partial charge on any atom is -0.373 e. The lowest BCUT2D eigenvalue weighted by molar-refractivity contribution is 0.102. The molecule has 0 aliphatic heterocycles. The number of hydrogen-bond acceptors (Lipinski definition) is 4. The van der Waals surface area contributed by atoms with Crippen LogP contribution in [0.5, 0.6) is 0 Å². The molecule has 0 radical (unpaired) electrons. The highest BCUT2D eigenvalue weighted by Gasteiger charge is 2.10. The summed E-state index contributed by atoms with van der Waals surface area (Å²) >= 11 is 9.23. The van der Waals surface area contributed by atoms with E-state index in [2.05, 4.69) is 36.5 Å². The van der Waals surface area contributed by atoms with Crippen molar-refractivity contribution in [2.45, 2.75) is 6.92 Å². The highest BCUT2D eigenvalue weighted by atomic mass is 79.9. The fourth-order valence-electron chi connectivity index (χ4n) is 1.56. The highest BCUT2D eigenvalue weighted by Crippen LogP contribution is 2.18. The smallest absolute Gasteiger partial charge is 0.257 e. The summed E-state index contributed by atoms with van der Waals surface area (Å²) in [7, 11) is 1.71. The molecule has 104 valence electrons. The minimum atomic E-state index is -0.292. The van der Waals surface area contributed by atoms with Crippen LogP contribution in [0.4, 0.5) is 11.6 Å². The first kappa shape index (κ1) is 14.7. The average Bonchev–Trinajstić information content (AvgIpc) is 2.42. The molecule has 2 aromatic heterocycles. The lowest BCUT2D eigenvalue weighted by Gasteiger charge is -2.08. The molecule has 0 fully saturated rings. The number of nitrogens with one attached hydrogen (secondary N) is 2. The van der Waals surface area contributed by atoms with Gasteiger partial charge in [0.2, 0.25) is 0 Å². The van der Waals surface area contributed by atoms with Crippen LogP contribution in [-0.2, 0) is 0 Å². The Morgan fingerprint density at radius 1 is 1.25 bits per heavy atom. The number of aryl methyl sites for hydroxylation is 1. The van der Waals surface area contributed by atoms with Crippen LogP contribution in [0.2, 0.25) is 5.15 Å². The third kappa shape index (κ3) is 3.46. The van der Waals surface area contributed by atoms with Crippen molar-refractivity contribution in [3.05, 3.63) is 45.1 Å². The Hall–Kier alpha value is -1.66. The number of carbonyl (C=O) groups excluding carboxylic acids is 1. The molecular formula is C13H12BrClN4O. The standard InChI is InChI=1S/C13H12BrClN4O/c1-7-9(14)3-4-11(17-7)19-13(20)8-5-10(15)18-12(6-8)16-2/h3-6H,1-2H3,(H,16,18)(H,17,19,20). The first-order valence-corrected chi connectivity index (χ1v) is 6.96. The SMILES string of the molecule is CNc1cc(C(=O)Nc2ccc(Br)c(C)n2)cc(Cl)n1. The molecule has 0 aromatic carbocycles.